The summed E-state index contributed by atoms with van der Waals surface area (Å²) in [5.41, 5.74) is 5.90. The van der Waals surface area contributed by atoms with Gasteiger partial charge in [-0.25, -0.2) is 0 Å². The van der Waals surface area contributed by atoms with E-state index >= 15 is 0 Å². The lowest BCUT2D eigenvalue weighted by atomic mass is 9.99. The SMILES string of the molecule is NC1(c2noc(-c3cccs3)n2)CCCC1. The molecular formula is C11H13N3OS. The first kappa shape index (κ1) is 9.99. The molecular weight excluding hydrogens is 222 g/mol. The molecule has 2 N–H and O–H groups in total. The third kappa shape index (κ3) is 1.56. The number of aromatic nitrogens is 2. The Kier molecular flexibility index (Phi) is 2.29. The molecule has 0 spiro atoms. The Morgan fingerprint density at radius 3 is 2.88 bits per heavy atom. The lowest BCUT2D eigenvalue weighted by Gasteiger charge is -2.17. The van der Waals surface area contributed by atoms with Crippen molar-refractivity contribution in [3.8, 4) is 10.8 Å². The minimum atomic E-state index is -0.362. The summed E-state index contributed by atoms with van der Waals surface area (Å²) >= 11 is 1.59. The van der Waals surface area contributed by atoms with Crippen LogP contribution in [0.15, 0.2) is 22.0 Å². The van der Waals surface area contributed by atoms with E-state index in [4.69, 9.17) is 10.3 Å². The molecule has 0 atom stereocenters. The first-order valence-corrected chi connectivity index (χ1v) is 6.33. The van der Waals surface area contributed by atoms with Crippen molar-refractivity contribution in [2.24, 2.45) is 5.73 Å². The monoisotopic (exact) mass is 235 g/mol. The summed E-state index contributed by atoms with van der Waals surface area (Å²) in [6.07, 6.45) is 4.21. The highest BCUT2D eigenvalue weighted by molar-refractivity contribution is 7.13. The molecule has 4 nitrogen and oxygen atoms in total. The first-order valence-electron chi connectivity index (χ1n) is 5.45. The maximum Gasteiger partial charge on any atom is 0.268 e. The van der Waals surface area contributed by atoms with Gasteiger partial charge in [0.05, 0.1) is 10.4 Å². The molecule has 0 unspecified atom stereocenters. The van der Waals surface area contributed by atoms with Gasteiger partial charge < -0.3 is 10.3 Å². The summed E-state index contributed by atoms with van der Waals surface area (Å²) in [5.74, 6) is 1.25. The number of nitrogens with two attached hydrogens (primary N) is 1. The summed E-state index contributed by atoms with van der Waals surface area (Å²) in [5, 5.41) is 6.01. The van der Waals surface area contributed by atoms with Crippen molar-refractivity contribution in [3.05, 3.63) is 23.3 Å². The Morgan fingerprint density at radius 2 is 2.19 bits per heavy atom. The Bertz CT molecular complexity index is 471. The molecule has 5 heteroatoms. The topological polar surface area (TPSA) is 64.9 Å². The van der Waals surface area contributed by atoms with E-state index in [9.17, 15) is 0 Å². The van der Waals surface area contributed by atoms with Crippen LogP contribution in [0.25, 0.3) is 10.8 Å². The fourth-order valence-corrected chi connectivity index (χ4v) is 2.80. The van der Waals surface area contributed by atoms with Crippen molar-refractivity contribution < 1.29 is 4.52 Å². The molecule has 2 aromatic rings. The summed E-state index contributed by atoms with van der Waals surface area (Å²) in [6.45, 7) is 0. The molecule has 1 aliphatic rings. The molecule has 1 saturated carbocycles. The van der Waals surface area contributed by atoms with Gasteiger partial charge in [-0.1, -0.05) is 24.1 Å². The molecule has 84 valence electrons. The zero-order chi connectivity index (χ0) is 11.0. The van der Waals surface area contributed by atoms with Crippen LogP contribution in [-0.4, -0.2) is 10.1 Å². The Labute approximate surface area is 97.5 Å². The highest BCUT2D eigenvalue weighted by Gasteiger charge is 2.36. The highest BCUT2D eigenvalue weighted by Crippen LogP contribution is 2.35. The van der Waals surface area contributed by atoms with E-state index in [0.717, 1.165) is 30.6 Å². The van der Waals surface area contributed by atoms with E-state index in [1.54, 1.807) is 11.3 Å². The minimum Gasteiger partial charge on any atom is -0.333 e. The van der Waals surface area contributed by atoms with Gasteiger partial charge in [0.25, 0.3) is 5.89 Å². The second kappa shape index (κ2) is 3.68. The molecule has 3 rings (SSSR count). The van der Waals surface area contributed by atoms with E-state index in [-0.39, 0.29) is 5.54 Å². The molecule has 0 saturated heterocycles. The molecule has 0 amide bonds. The predicted molar refractivity (Wildman–Crippen MR) is 61.9 cm³/mol. The van der Waals surface area contributed by atoms with Crippen LogP contribution in [-0.2, 0) is 5.54 Å². The number of hydrogen-bond donors (Lipinski definition) is 1. The quantitative estimate of drug-likeness (QED) is 0.868. The van der Waals surface area contributed by atoms with Crippen molar-refractivity contribution in [1.29, 1.82) is 0 Å². The van der Waals surface area contributed by atoms with Crippen LogP contribution < -0.4 is 5.73 Å². The van der Waals surface area contributed by atoms with E-state index in [0.29, 0.717) is 11.7 Å². The highest BCUT2D eigenvalue weighted by atomic mass is 32.1. The molecule has 1 fully saturated rings. The zero-order valence-corrected chi connectivity index (χ0v) is 9.67. The van der Waals surface area contributed by atoms with Gasteiger partial charge in [-0.2, -0.15) is 4.98 Å². The van der Waals surface area contributed by atoms with Crippen molar-refractivity contribution in [1.82, 2.24) is 10.1 Å². The summed E-state index contributed by atoms with van der Waals surface area (Å²) < 4.78 is 5.26. The van der Waals surface area contributed by atoms with Crippen LogP contribution in [0, 0.1) is 0 Å². The number of rotatable bonds is 2. The maximum absolute atomic E-state index is 6.27. The second-order valence-electron chi connectivity index (χ2n) is 4.26. The van der Waals surface area contributed by atoms with Gasteiger partial charge in [0, 0.05) is 0 Å². The number of hydrogen-bond acceptors (Lipinski definition) is 5. The van der Waals surface area contributed by atoms with Gasteiger partial charge in [-0.05, 0) is 24.3 Å². The van der Waals surface area contributed by atoms with Crippen molar-refractivity contribution in [2.45, 2.75) is 31.2 Å². The minimum absolute atomic E-state index is 0.362. The van der Waals surface area contributed by atoms with Gasteiger partial charge in [-0.15, -0.1) is 11.3 Å². The summed E-state index contributed by atoms with van der Waals surface area (Å²) in [4.78, 5) is 5.41. The molecule has 0 aromatic carbocycles. The van der Waals surface area contributed by atoms with Crippen LogP contribution in [0.4, 0.5) is 0 Å². The van der Waals surface area contributed by atoms with Crippen LogP contribution >= 0.6 is 11.3 Å². The van der Waals surface area contributed by atoms with Gasteiger partial charge >= 0.3 is 0 Å². The van der Waals surface area contributed by atoms with E-state index in [1.807, 2.05) is 17.5 Å². The standard InChI is InChI=1S/C11H13N3OS/c12-11(5-1-2-6-11)10-13-9(15-14-10)8-4-3-7-16-8/h3-4,7H,1-2,5-6,12H2. The second-order valence-corrected chi connectivity index (χ2v) is 5.21. The third-order valence-electron chi connectivity index (χ3n) is 3.10. The molecule has 1 aliphatic carbocycles. The molecule has 2 heterocycles. The molecule has 16 heavy (non-hydrogen) atoms. The molecule has 0 radical (unpaired) electrons. The Hall–Kier alpha value is -1.20. The van der Waals surface area contributed by atoms with Gasteiger partial charge in [0.15, 0.2) is 5.82 Å². The van der Waals surface area contributed by atoms with Crippen molar-refractivity contribution >= 4 is 11.3 Å². The van der Waals surface area contributed by atoms with Crippen LogP contribution in [0.5, 0.6) is 0 Å². The van der Waals surface area contributed by atoms with Gasteiger partial charge in [0.1, 0.15) is 0 Å². The van der Waals surface area contributed by atoms with Crippen LogP contribution in [0.1, 0.15) is 31.5 Å². The summed E-state index contributed by atoms with van der Waals surface area (Å²) in [6, 6.07) is 3.94. The maximum atomic E-state index is 6.27. The fraction of sp³-hybridized carbons (Fsp3) is 0.455. The van der Waals surface area contributed by atoms with Crippen molar-refractivity contribution in [2.75, 3.05) is 0 Å². The Balaban J connectivity index is 1.93. The van der Waals surface area contributed by atoms with E-state index in [2.05, 4.69) is 10.1 Å². The summed E-state index contributed by atoms with van der Waals surface area (Å²) in [7, 11) is 0. The zero-order valence-electron chi connectivity index (χ0n) is 8.85. The average Bonchev–Trinajstić information content (AvgIpc) is 2.98. The Morgan fingerprint density at radius 1 is 1.38 bits per heavy atom. The van der Waals surface area contributed by atoms with E-state index in [1.165, 1.54) is 0 Å². The van der Waals surface area contributed by atoms with E-state index < -0.39 is 0 Å². The average molecular weight is 235 g/mol. The normalized spacial score (nSPS) is 19.1. The molecule has 0 bridgehead atoms. The number of nitrogens with zero attached hydrogens (tertiary/aromatic N) is 2. The molecule has 2 aromatic heterocycles. The van der Waals surface area contributed by atoms with Gasteiger partial charge in [-0.3, -0.25) is 0 Å². The third-order valence-corrected chi connectivity index (χ3v) is 3.96. The fourth-order valence-electron chi connectivity index (χ4n) is 2.16. The first-order chi connectivity index (χ1) is 7.78. The lowest BCUT2D eigenvalue weighted by molar-refractivity contribution is 0.373. The molecule has 0 aliphatic heterocycles. The van der Waals surface area contributed by atoms with Crippen LogP contribution in [0.2, 0.25) is 0 Å². The van der Waals surface area contributed by atoms with Crippen molar-refractivity contribution in [3.63, 3.8) is 0 Å². The predicted octanol–water partition coefficient (Wildman–Crippen LogP) is 2.53. The van der Waals surface area contributed by atoms with Crippen LogP contribution in [0.3, 0.4) is 0 Å². The number of thiophene rings is 1. The lowest BCUT2D eigenvalue weighted by Crippen LogP contribution is -2.34. The smallest absolute Gasteiger partial charge is 0.268 e. The largest absolute Gasteiger partial charge is 0.333 e. The van der Waals surface area contributed by atoms with Gasteiger partial charge in [0.2, 0.25) is 0 Å².